The minimum Gasteiger partial charge on any atom is -0.481 e. The van der Waals surface area contributed by atoms with Gasteiger partial charge >= 0.3 is 30.1 Å². The number of carbonyl (C=O) groups excluding carboxylic acids is 4. The van der Waals surface area contributed by atoms with Gasteiger partial charge in [-0.1, -0.05) is 27.7 Å². The number of rotatable bonds is 15. The summed E-state index contributed by atoms with van der Waals surface area (Å²) in [5.74, 6) is -0.961. The lowest BCUT2D eigenvalue weighted by Gasteiger charge is -2.27. The minimum atomic E-state index is -0.741. The highest BCUT2D eigenvalue weighted by Gasteiger charge is 2.27. The zero-order valence-corrected chi connectivity index (χ0v) is 35.2. The minimum absolute atomic E-state index is 0.125. The molecule has 0 radical (unpaired) electrons. The highest BCUT2D eigenvalue weighted by Crippen LogP contribution is 2.29. The smallest absolute Gasteiger partial charge is 0.407 e. The van der Waals surface area contributed by atoms with Crippen LogP contribution < -0.4 is 49.0 Å². The van der Waals surface area contributed by atoms with Gasteiger partial charge in [-0.25, -0.2) is 25.2 Å². The molecule has 19 nitrogen and oxygen atoms in total. The third-order valence-corrected chi connectivity index (χ3v) is 8.92. The van der Waals surface area contributed by atoms with Crippen molar-refractivity contribution < 1.29 is 43.7 Å². The Bertz CT molecular complexity index is 1170. The molecule has 2 saturated carbocycles. The summed E-state index contributed by atoms with van der Waals surface area (Å²) in [5, 5.41) is 31.8. The number of amides is 6. The van der Waals surface area contributed by atoms with E-state index in [1.54, 1.807) is 41.7 Å². The zero-order chi connectivity index (χ0) is 43.3. The normalized spacial score (nSPS) is 20.1. The third-order valence-electron chi connectivity index (χ3n) is 8.92. The number of hydrogen-bond acceptors (Lipinski definition) is 11. The summed E-state index contributed by atoms with van der Waals surface area (Å²) < 4.78 is 5.21. The van der Waals surface area contributed by atoms with Gasteiger partial charge in [0.2, 0.25) is 5.91 Å². The lowest BCUT2D eigenvalue weighted by molar-refractivity contribution is -0.143. The summed E-state index contributed by atoms with van der Waals surface area (Å²) in [4.78, 5) is 67.3. The fourth-order valence-electron chi connectivity index (χ4n) is 5.33. The van der Waals surface area contributed by atoms with Gasteiger partial charge in [0, 0.05) is 50.9 Å². The van der Waals surface area contributed by atoms with Gasteiger partial charge in [0.15, 0.2) is 0 Å². The number of ether oxygens (including phenoxy) is 1. The quantitative estimate of drug-likeness (QED) is 0.0842. The Balaban J connectivity index is 0. The first kappa shape index (κ1) is 53.9. The molecule has 0 bridgehead atoms. The van der Waals surface area contributed by atoms with Crippen LogP contribution in [0, 0.1) is 29.6 Å². The van der Waals surface area contributed by atoms with Gasteiger partial charge in [0.25, 0.3) is 0 Å². The molecule has 2 aliphatic rings. The summed E-state index contributed by atoms with van der Waals surface area (Å²) in [6.45, 7) is 14.1. The van der Waals surface area contributed by atoms with E-state index < -0.39 is 23.6 Å². The number of hydrogen-bond donors (Lipinski definition) is 11. The van der Waals surface area contributed by atoms with Gasteiger partial charge in [-0.2, -0.15) is 5.10 Å². The molecule has 2 aliphatic carbocycles. The number of carboxylic acid groups (broad SMARTS) is 2. The van der Waals surface area contributed by atoms with Crippen LogP contribution in [0.4, 0.5) is 14.4 Å². The number of hydrazine groups is 1. The van der Waals surface area contributed by atoms with E-state index in [4.69, 9.17) is 20.7 Å². The van der Waals surface area contributed by atoms with Crippen molar-refractivity contribution in [3.05, 3.63) is 0 Å². The van der Waals surface area contributed by atoms with E-state index in [0.717, 1.165) is 44.9 Å². The summed E-state index contributed by atoms with van der Waals surface area (Å²) in [6.07, 6.45) is 9.13. The topological polar surface area (TPSA) is 301 Å². The Kier molecular flexibility index (Phi) is 29.7. The van der Waals surface area contributed by atoms with Crippen LogP contribution in [-0.4, -0.2) is 104 Å². The van der Waals surface area contributed by atoms with E-state index in [9.17, 15) is 28.8 Å². The largest absolute Gasteiger partial charge is 0.481 e. The van der Waals surface area contributed by atoms with Crippen LogP contribution in [0.2, 0.25) is 0 Å². The lowest BCUT2D eigenvalue weighted by atomic mass is 9.81. The van der Waals surface area contributed by atoms with Gasteiger partial charge in [0.05, 0.1) is 11.8 Å². The van der Waals surface area contributed by atoms with E-state index in [1.165, 1.54) is 13.3 Å². The molecule has 2 fully saturated rings. The molecule has 0 saturated heterocycles. The van der Waals surface area contributed by atoms with E-state index in [1.807, 2.05) is 13.8 Å². The number of nitrogens with two attached hydrogens (primary N) is 2. The van der Waals surface area contributed by atoms with Crippen LogP contribution in [0.3, 0.4) is 0 Å². The van der Waals surface area contributed by atoms with E-state index in [2.05, 4.69) is 48.4 Å². The second-order valence-electron chi connectivity index (χ2n) is 15.0. The van der Waals surface area contributed by atoms with Crippen LogP contribution in [0.1, 0.15) is 113 Å². The number of nitrogens with zero attached hydrogens (tertiary/aromatic N) is 1. The molecule has 0 heterocycles. The molecule has 0 aromatic rings. The highest BCUT2D eigenvalue weighted by molar-refractivity contribution is 5.78. The van der Waals surface area contributed by atoms with Crippen LogP contribution in [0.15, 0.2) is 5.10 Å². The molecule has 13 N–H and O–H groups in total. The van der Waals surface area contributed by atoms with Crippen molar-refractivity contribution in [3.8, 4) is 0 Å². The molecule has 19 heteroatoms. The molecule has 2 atom stereocenters. The van der Waals surface area contributed by atoms with Crippen molar-refractivity contribution in [2.45, 2.75) is 130 Å². The second kappa shape index (κ2) is 30.9. The average Bonchev–Trinajstić information content (AvgIpc) is 3.16. The molecular formula is C37H74N10O9. The number of urea groups is 2. The summed E-state index contributed by atoms with van der Waals surface area (Å²) in [7, 11) is 3.17. The molecule has 0 aromatic carbocycles. The summed E-state index contributed by atoms with van der Waals surface area (Å²) >= 11 is 0. The number of carbonyl (C=O) groups is 6. The molecule has 0 aliphatic heterocycles. The molecule has 2 rings (SSSR count). The number of carboxylic acids is 2. The van der Waals surface area contributed by atoms with Gasteiger partial charge < -0.3 is 47.7 Å². The molecule has 326 valence electrons. The fraction of sp³-hybridized carbons (Fsp3) is 0.811. The maximum atomic E-state index is 11.8. The van der Waals surface area contributed by atoms with Crippen molar-refractivity contribution in [2.75, 3.05) is 33.7 Å². The maximum Gasteiger partial charge on any atom is 0.407 e. The first-order chi connectivity index (χ1) is 26.3. The molecule has 6 amide bonds. The van der Waals surface area contributed by atoms with E-state index in [0.29, 0.717) is 50.7 Å². The molecular weight excluding hydrogens is 728 g/mol. The first-order valence-corrected chi connectivity index (χ1v) is 19.6. The first-order valence-electron chi connectivity index (χ1n) is 19.6. The van der Waals surface area contributed by atoms with Crippen molar-refractivity contribution in [3.63, 3.8) is 0 Å². The van der Waals surface area contributed by atoms with Crippen molar-refractivity contribution in [2.24, 2.45) is 46.2 Å². The van der Waals surface area contributed by atoms with Gasteiger partial charge in [-0.05, 0) is 104 Å². The van der Waals surface area contributed by atoms with Crippen molar-refractivity contribution in [1.29, 1.82) is 0 Å². The zero-order valence-electron chi connectivity index (χ0n) is 35.2. The van der Waals surface area contributed by atoms with Crippen LogP contribution in [-0.2, 0) is 19.1 Å². The lowest BCUT2D eigenvalue weighted by Crippen LogP contribution is -2.51. The Morgan fingerprint density at radius 2 is 1.30 bits per heavy atom. The van der Waals surface area contributed by atoms with Gasteiger partial charge in [-0.3, -0.25) is 19.8 Å². The maximum absolute atomic E-state index is 11.8. The molecule has 0 spiro atoms. The van der Waals surface area contributed by atoms with E-state index >= 15 is 0 Å². The SMILES string of the molecule is CC(C)C(=O)O.CC[C@@H](CNNC(=O)NCC1CCC(C(=O)O)CC1)NC(=O)OC(C)(C)C.CC[C@H](N)/C=N/NC(=O)NCC1CCC(C(=O)NC)CC1.CN. The number of nitrogens with one attached hydrogen (secondary N) is 7. The highest BCUT2D eigenvalue weighted by atomic mass is 16.6. The Labute approximate surface area is 333 Å². The predicted molar refractivity (Wildman–Crippen MR) is 216 cm³/mol. The monoisotopic (exact) mass is 803 g/mol. The van der Waals surface area contributed by atoms with Gasteiger partial charge in [0.1, 0.15) is 5.60 Å². The molecule has 0 aromatic heterocycles. The Morgan fingerprint density at radius 3 is 1.71 bits per heavy atom. The summed E-state index contributed by atoms with van der Waals surface area (Å²) in [5.41, 5.74) is 17.3. The van der Waals surface area contributed by atoms with E-state index in [-0.39, 0.29) is 47.8 Å². The Hall–Kier alpha value is -4.23. The van der Waals surface area contributed by atoms with Crippen molar-refractivity contribution >= 4 is 42.2 Å². The fourth-order valence-corrected chi connectivity index (χ4v) is 5.33. The van der Waals surface area contributed by atoms with Crippen LogP contribution >= 0.6 is 0 Å². The van der Waals surface area contributed by atoms with Gasteiger partial charge in [-0.15, -0.1) is 0 Å². The molecule has 56 heavy (non-hydrogen) atoms. The number of alkyl carbamates (subject to hydrolysis) is 1. The van der Waals surface area contributed by atoms with Crippen LogP contribution in [0.5, 0.6) is 0 Å². The van der Waals surface area contributed by atoms with Crippen molar-refractivity contribution in [1.82, 2.24) is 37.5 Å². The number of aliphatic carboxylic acids is 2. The third kappa shape index (κ3) is 28.2. The summed E-state index contributed by atoms with van der Waals surface area (Å²) in [6, 6.07) is -0.970. The average molecular weight is 803 g/mol. The standard InChI is InChI=1S/C18H34N4O5.C14H27N5O2.C4H8O2.CH5N/c1-5-14(21-17(26)27-18(2,3)4)11-20-22-16(25)19-10-12-6-8-13(9-7-12)15(23)24;1-3-12(15)9-18-19-14(21)17-8-10-4-6-11(7-5-10)13(20)16-2;1-3(2)4(5)6;1-2/h12-14,20H,5-11H2,1-4H3,(H,21,26)(H,23,24)(H2,19,22,25);9-12H,3-8,15H2,1-2H3,(H,16,20)(H2,17,19,21);3H,1-2H3,(H,5,6);2H2,1H3/b;18-9+;;/t12?,13?,14-;10?,11?,12-;;/m00../s1. The number of hydrazone groups is 1. The predicted octanol–water partition coefficient (Wildman–Crippen LogP) is 2.85. The molecule has 0 unspecified atom stereocenters. The Morgan fingerprint density at radius 1 is 0.821 bits per heavy atom. The van der Waals surface area contributed by atoms with Crippen LogP contribution in [0.25, 0.3) is 0 Å². The second-order valence-corrected chi connectivity index (χ2v) is 15.0.